The van der Waals surface area contributed by atoms with Crippen LogP contribution < -0.4 is 5.32 Å². The van der Waals surface area contributed by atoms with Gasteiger partial charge in [-0.3, -0.25) is 9.59 Å². The molecule has 0 aromatic heterocycles. The Balaban J connectivity index is 2.08. The monoisotopic (exact) mass is 972 g/mol. The molecule has 69 heavy (non-hydrogen) atoms. The van der Waals surface area contributed by atoms with Gasteiger partial charge < -0.3 is 45.1 Å². The highest BCUT2D eigenvalue weighted by Crippen LogP contribution is 2.23. The van der Waals surface area contributed by atoms with E-state index >= 15 is 0 Å². The summed E-state index contributed by atoms with van der Waals surface area (Å²) in [6, 6.07) is -0.838. The van der Waals surface area contributed by atoms with E-state index in [9.17, 15) is 35.1 Å². The molecule has 0 bridgehead atoms. The number of allylic oxidation sites excluding steroid dienone is 10. The standard InChI is InChI=1S/C58H101NO10/c1-3-5-7-9-11-13-25-30-34-38-42-46-54(63)67-47-43-39-35-31-27-24-22-20-18-16-14-15-17-19-21-23-26-29-33-37-41-45-53(62)59-50(51(61)44-40-36-32-28-12-10-8-6-4-2)49-68-58-57(66)56(65)55(64)52(48-60)69-58/h4,6,9,11-12,24,27-28,35,39-40,44,50-52,55-58,60-61,64-66H,3,5,7-8,10,13-23,25-26,29-34,36-38,41-43,45-49H2,1-2H3,(H,59,62)/b6-4+,11-9-,27-24-,28-12+,39-35-,44-40+. The van der Waals surface area contributed by atoms with Gasteiger partial charge in [0.05, 0.1) is 32.0 Å². The van der Waals surface area contributed by atoms with Crippen molar-refractivity contribution in [1.82, 2.24) is 5.32 Å². The lowest BCUT2D eigenvalue weighted by atomic mass is 9.99. The van der Waals surface area contributed by atoms with Crippen molar-refractivity contribution in [2.45, 2.75) is 262 Å². The number of carbonyl (C=O) groups excluding carboxylic acids is 2. The Kier molecular flexibility index (Phi) is 44.1. The Hall–Kier alpha value is -2.90. The quantitative estimate of drug-likeness (QED) is 0.0196. The molecule has 0 spiro atoms. The molecule has 1 heterocycles. The van der Waals surface area contributed by atoms with Crippen LogP contribution in [0.3, 0.4) is 0 Å². The lowest BCUT2D eigenvalue weighted by Crippen LogP contribution is -2.60. The van der Waals surface area contributed by atoms with Crippen LogP contribution >= 0.6 is 0 Å². The zero-order valence-corrected chi connectivity index (χ0v) is 43.5. The van der Waals surface area contributed by atoms with Gasteiger partial charge in [0.25, 0.3) is 0 Å². The van der Waals surface area contributed by atoms with E-state index in [0.29, 0.717) is 25.9 Å². The Labute approximate surface area is 420 Å². The Morgan fingerprint density at radius 3 is 1.61 bits per heavy atom. The van der Waals surface area contributed by atoms with Gasteiger partial charge in [-0.15, -0.1) is 0 Å². The smallest absolute Gasteiger partial charge is 0.305 e. The number of ether oxygens (including phenoxy) is 3. The van der Waals surface area contributed by atoms with Gasteiger partial charge in [-0.25, -0.2) is 0 Å². The van der Waals surface area contributed by atoms with Crippen molar-refractivity contribution in [2.75, 3.05) is 19.8 Å². The highest BCUT2D eigenvalue weighted by Gasteiger charge is 2.44. The Morgan fingerprint density at radius 1 is 0.565 bits per heavy atom. The number of aliphatic hydroxyl groups is 5. The maximum Gasteiger partial charge on any atom is 0.305 e. The first-order valence-corrected chi connectivity index (χ1v) is 27.7. The molecule has 0 aromatic rings. The van der Waals surface area contributed by atoms with E-state index < -0.39 is 49.5 Å². The van der Waals surface area contributed by atoms with Crippen LogP contribution in [-0.2, 0) is 23.8 Å². The number of carbonyl (C=O) groups is 2. The summed E-state index contributed by atoms with van der Waals surface area (Å²) in [5.74, 6) is -0.268. The predicted molar refractivity (Wildman–Crippen MR) is 283 cm³/mol. The molecule has 398 valence electrons. The van der Waals surface area contributed by atoms with Crippen molar-refractivity contribution < 1.29 is 49.3 Å². The fraction of sp³-hybridized carbons (Fsp3) is 0.759. The van der Waals surface area contributed by atoms with E-state index in [2.05, 4.69) is 66.9 Å². The molecular formula is C58H101NO10. The number of esters is 1. The summed E-state index contributed by atoms with van der Waals surface area (Å²) in [5, 5.41) is 54.1. The zero-order chi connectivity index (χ0) is 50.3. The van der Waals surface area contributed by atoms with E-state index in [-0.39, 0.29) is 18.5 Å². The average Bonchev–Trinajstić information content (AvgIpc) is 3.34. The minimum Gasteiger partial charge on any atom is -0.465 e. The first-order chi connectivity index (χ1) is 33.7. The van der Waals surface area contributed by atoms with E-state index in [4.69, 9.17) is 14.2 Å². The van der Waals surface area contributed by atoms with Gasteiger partial charge in [-0.1, -0.05) is 189 Å². The zero-order valence-electron chi connectivity index (χ0n) is 43.5. The second kappa shape index (κ2) is 47.4. The lowest BCUT2D eigenvalue weighted by Gasteiger charge is -2.40. The lowest BCUT2D eigenvalue weighted by molar-refractivity contribution is -0.302. The third kappa shape index (κ3) is 37.5. The molecule has 11 heteroatoms. The molecule has 6 N–H and O–H groups in total. The van der Waals surface area contributed by atoms with Crippen LogP contribution in [-0.4, -0.2) is 100 Å². The van der Waals surface area contributed by atoms with Crippen molar-refractivity contribution in [2.24, 2.45) is 0 Å². The number of unbranched alkanes of at least 4 members (excludes halogenated alkanes) is 23. The first kappa shape index (κ1) is 64.1. The molecule has 1 saturated heterocycles. The molecule has 0 aromatic carbocycles. The van der Waals surface area contributed by atoms with Gasteiger partial charge in [0.1, 0.15) is 24.4 Å². The van der Waals surface area contributed by atoms with Gasteiger partial charge in [-0.2, -0.15) is 0 Å². The molecule has 7 unspecified atom stereocenters. The van der Waals surface area contributed by atoms with Crippen LogP contribution in [0, 0.1) is 0 Å². The number of amides is 1. The molecule has 0 aliphatic carbocycles. The fourth-order valence-electron chi connectivity index (χ4n) is 8.17. The molecule has 1 aliphatic rings. The second-order valence-corrected chi connectivity index (χ2v) is 18.9. The Bertz CT molecular complexity index is 1380. The van der Waals surface area contributed by atoms with Crippen LogP contribution in [0.2, 0.25) is 0 Å². The highest BCUT2D eigenvalue weighted by atomic mass is 16.7. The van der Waals surface area contributed by atoms with Crippen LogP contribution in [0.25, 0.3) is 0 Å². The van der Waals surface area contributed by atoms with E-state index in [0.717, 1.165) is 77.0 Å². The summed E-state index contributed by atoms with van der Waals surface area (Å²) in [4.78, 5) is 24.9. The van der Waals surface area contributed by atoms with Gasteiger partial charge in [0, 0.05) is 12.8 Å². The summed E-state index contributed by atoms with van der Waals surface area (Å²) >= 11 is 0. The molecule has 0 saturated carbocycles. The number of hydrogen-bond donors (Lipinski definition) is 6. The number of nitrogens with one attached hydrogen (secondary N) is 1. The first-order valence-electron chi connectivity index (χ1n) is 27.7. The molecule has 1 rings (SSSR count). The van der Waals surface area contributed by atoms with E-state index in [1.54, 1.807) is 6.08 Å². The van der Waals surface area contributed by atoms with Gasteiger partial charge in [-0.05, 0) is 90.4 Å². The van der Waals surface area contributed by atoms with Gasteiger partial charge in [0.2, 0.25) is 5.91 Å². The summed E-state index contributed by atoms with van der Waals surface area (Å²) in [5.41, 5.74) is 0. The van der Waals surface area contributed by atoms with Crippen molar-refractivity contribution in [3.05, 3.63) is 72.9 Å². The molecule has 7 atom stereocenters. The van der Waals surface area contributed by atoms with Gasteiger partial charge in [0.15, 0.2) is 6.29 Å². The molecule has 1 amide bonds. The van der Waals surface area contributed by atoms with Crippen LogP contribution in [0.5, 0.6) is 0 Å². The SMILES string of the molecule is C/C=C/CC/C=C/CC/C=C/C(O)C(COC1OC(CO)C(O)C(O)C1O)NC(=O)CCCCCCCCCCCCCCCC/C=C\C/C=C\CCOC(=O)CCCCCCC/C=C\CCCC. The third-order valence-electron chi connectivity index (χ3n) is 12.6. The topological polar surface area (TPSA) is 175 Å². The summed E-state index contributed by atoms with van der Waals surface area (Å²) in [7, 11) is 0. The largest absolute Gasteiger partial charge is 0.465 e. The number of rotatable bonds is 46. The van der Waals surface area contributed by atoms with Crippen LogP contribution in [0.4, 0.5) is 0 Å². The molecule has 0 radical (unpaired) electrons. The minimum absolute atomic E-state index is 0.0618. The Morgan fingerprint density at radius 2 is 1.04 bits per heavy atom. The minimum atomic E-state index is -1.58. The third-order valence-corrected chi connectivity index (χ3v) is 12.6. The second-order valence-electron chi connectivity index (χ2n) is 18.9. The van der Waals surface area contributed by atoms with Crippen molar-refractivity contribution in [1.29, 1.82) is 0 Å². The fourth-order valence-corrected chi connectivity index (χ4v) is 8.17. The number of hydrogen-bond acceptors (Lipinski definition) is 10. The number of aliphatic hydroxyl groups excluding tert-OH is 5. The summed E-state index contributed by atoms with van der Waals surface area (Å²) in [6.07, 6.45) is 51.8. The molecule has 1 aliphatic heterocycles. The maximum absolute atomic E-state index is 13.0. The molecular weight excluding hydrogens is 871 g/mol. The molecule has 11 nitrogen and oxygen atoms in total. The van der Waals surface area contributed by atoms with Crippen molar-refractivity contribution in [3.8, 4) is 0 Å². The van der Waals surface area contributed by atoms with Crippen LogP contribution in [0.1, 0.15) is 219 Å². The summed E-state index contributed by atoms with van der Waals surface area (Å²) < 4.78 is 16.5. The van der Waals surface area contributed by atoms with Crippen LogP contribution in [0.15, 0.2) is 72.9 Å². The predicted octanol–water partition coefficient (Wildman–Crippen LogP) is 12.1. The van der Waals surface area contributed by atoms with Crippen molar-refractivity contribution >= 4 is 11.9 Å². The van der Waals surface area contributed by atoms with E-state index in [1.807, 2.05) is 19.1 Å². The molecule has 1 fully saturated rings. The van der Waals surface area contributed by atoms with Crippen molar-refractivity contribution in [3.63, 3.8) is 0 Å². The maximum atomic E-state index is 13.0. The van der Waals surface area contributed by atoms with E-state index in [1.165, 1.54) is 109 Å². The average molecular weight is 972 g/mol. The highest BCUT2D eigenvalue weighted by molar-refractivity contribution is 5.76. The normalized spacial score (nSPS) is 19.9. The summed E-state index contributed by atoms with van der Waals surface area (Å²) in [6.45, 7) is 3.91. The van der Waals surface area contributed by atoms with Gasteiger partial charge >= 0.3 is 5.97 Å².